The van der Waals surface area contributed by atoms with Gasteiger partial charge in [-0.1, -0.05) is 19.9 Å². The molecule has 0 aliphatic heterocycles. The lowest BCUT2D eigenvalue weighted by atomic mass is 10.0. The summed E-state index contributed by atoms with van der Waals surface area (Å²) in [7, 11) is 1.73. The van der Waals surface area contributed by atoms with Crippen LogP contribution in [-0.4, -0.2) is 26.2 Å². The molecule has 0 spiro atoms. The quantitative estimate of drug-likeness (QED) is 0.728. The third kappa shape index (κ3) is 3.64. The highest BCUT2D eigenvalue weighted by molar-refractivity contribution is 5.58. The van der Waals surface area contributed by atoms with E-state index in [1.54, 1.807) is 7.11 Å². The van der Waals surface area contributed by atoms with Crippen LogP contribution in [0.4, 0.5) is 5.69 Å². The molecule has 0 unspecified atom stereocenters. The van der Waals surface area contributed by atoms with E-state index in [-0.39, 0.29) is 0 Å². The summed E-state index contributed by atoms with van der Waals surface area (Å²) in [6.45, 7) is 6.34. The molecule has 0 heterocycles. The van der Waals surface area contributed by atoms with Crippen LogP contribution >= 0.6 is 0 Å². The molecule has 0 bridgehead atoms. The summed E-state index contributed by atoms with van der Waals surface area (Å²) in [4.78, 5) is 0. The van der Waals surface area contributed by atoms with E-state index in [1.807, 2.05) is 0 Å². The van der Waals surface area contributed by atoms with Gasteiger partial charge >= 0.3 is 0 Å². The van der Waals surface area contributed by atoms with Crippen molar-refractivity contribution in [3.8, 4) is 5.75 Å². The molecule has 0 aromatic heterocycles. The molecule has 0 saturated heterocycles. The van der Waals surface area contributed by atoms with Gasteiger partial charge in [0, 0.05) is 19.1 Å². The zero-order chi connectivity index (χ0) is 13.0. The highest BCUT2D eigenvalue weighted by Gasteiger charge is 2.19. The Balaban J connectivity index is 1.89. The van der Waals surface area contributed by atoms with E-state index in [9.17, 15) is 0 Å². The molecule has 100 valence electrons. The van der Waals surface area contributed by atoms with Gasteiger partial charge in [-0.15, -0.1) is 0 Å². The average molecular weight is 248 g/mol. The van der Waals surface area contributed by atoms with Crippen molar-refractivity contribution in [3.63, 3.8) is 0 Å². The second-order valence-electron chi connectivity index (χ2n) is 5.27. The van der Waals surface area contributed by atoms with Crippen LogP contribution in [0, 0.1) is 0 Å². The molecule has 3 heteroatoms. The Hall–Kier alpha value is -1.22. The van der Waals surface area contributed by atoms with Gasteiger partial charge in [-0.3, -0.25) is 0 Å². The molecule has 0 atom stereocenters. The van der Waals surface area contributed by atoms with Crippen molar-refractivity contribution in [1.29, 1.82) is 0 Å². The fourth-order valence-electron chi connectivity index (χ4n) is 1.97. The Morgan fingerprint density at radius 2 is 2.06 bits per heavy atom. The number of methoxy groups -OCH3 is 1. The minimum Gasteiger partial charge on any atom is -0.495 e. The van der Waals surface area contributed by atoms with Gasteiger partial charge in [0.15, 0.2) is 0 Å². The van der Waals surface area contributed by atoms with Crippen LogP contribution < -0.4 is 15.4 Å². The monoisotopic (exact) mass is 248 g/mol. The fourth-order valence-corrected chi connectivity index (χ4v) is 1.97. The predicted octanol–water partition coefficient (Wildman–Crippen LogP) is 2.98. The summed E-state index contributed by atoms with van der Waals surface area (Å²) in [5.74, 6) is 1.47. The van der Waals surface area contributed by atoms with Gasteiger partial charge < -0.3 is 15.4 Å². The van der Waals surface area contributed by atoms with Crippen LogP contribution in [0.1, 0.15) is 38.2 Å². The number of hydrogen-bond donors (Lipinski definition) is 2. The van der Waals surface area contributed by atoms with E-state index in [1.165, 1.54) is 18.4 Å². The number of rotatable bonds is 7. The number of ether oxygens (including phenoxy) is 1. The summed E-state index contributed by atoms with van der Waals surface area (Å²) in [6.07, 6.45) is 2.68. The molecule has 0 radical (unpaired) electrons. The maximum absolute atomic E-state index is 5.44. The number of anilines is 1. The first-order chi connectivity index (χ1) is 8.70. The summed E-state index contributed by atoms with van der Waals surface area (Å²) in [5.41, 5.74) is 2.40. The lowest BCUT2D eigenvalue weighted by molar-refractivity contribution is 0.415. The number of hydrogen-bond acceptors (Lipinski definition) is 3. The third-order valence-electron chi connectivity index (χ3n) is 3.34. The molecular weight excluding hydrogens is 224 g/mol. The average Bonchev–Trinajstić information content (AvgIpc) is 3.18. The lowest BCUT2D eigenvalue weighted by Crippen LogP contribution is -2.24. The van der Waals surface area contributed by atoms with Crippen LogP contribution in [0.2, 0.25) is 0 Å². The van der Waals surface area contributed by atoms with Gasteiger partial charge in [-0.25, -0.2) is 0 Å². The Morgan fingerprint density at radius 3 is 2.67 bits per heavy atom. The first-order valence-corrected chi connectivity index (χ1v) is 6.86. The largest absolute Gasteiger partial charge is 0.495 e. The van der Waals surface area contributed by atoms with E-state index in [0.29, 0.717) is 5.92 Å². The summed E-state index contributed by atoms with van der Waals surface area (Å²) in [5, 5.41) is 6.92. The van der Waals surface area contributed by atoms with Crippen LogP contribution in [0.25, 0.3) is 0 Å². The summed E-state index contributed by atoms with van der Waals surface area (Å²) >= 11 is 0. The molecule has 2 rings (SSSR count). The van der Waals surface area contributed by atoms with E-state index in [2.05, 4.69) is 42.7 Å². The zero-order valence-corrected chi connectivity index (χ0v) is 11.6. The lowest BCUT2D eigenvalue weighted by Gasteiger charge is -2.14. The van der Waals surface area contributed by atoms with Crippen molar-refractivity contribution >= 4 is 5.69 Å². The van der Waals surface area contributed by atoms with E-state index >= 15 is 0 Å². The van der Waals surface area contributed by atoms with Crippen molar-refractivity contribution in [2.75, 3.05) is 25.5 Å². The second kappa shape index (κ2) is 6.10. The third-order valence-corrected chi connectivity index (χ3v) is 3.34. The molecule has 1 saturated carbocycles. The highest BCUT2D eigenvalue weighted by Crippen LogP contribution is 2.28. The van der Waals surface area contributed by atoms with Gasteiger partial charge in [-0.2, -0.15) is 0 Å². The first kappa shape index (κ1) is 13.2. The Kier molecular flexibility index (Phi) is 4.48. The minimum absolute atomic E-state index is 0.532. The normalized spacial score (nSPS) is 14.9. The molecule has 2 N–H and O–H groups in total. The molecule has 1 aliphatic carbocycles. The summed E-state index contributed by atoms with van der Waals surface area (Å²) in [6, 6.07) is 7.19. The maximum atomic E-state index is 5.44. The van der Waals surface area contributed by atoms with Gasteiger partial charge in [0.05, 0.1) is 12.8 Å². The fraction of sp³-hybridized carbons (Fsp3) is 0.600. The highest BCUT2D eigenvalue weighted by atomic mass is 16.5. The van der Waals surface area contributed by atoms with Gasteiger partial charge in [0.25, 0.3) is 0 Å². The van der Waals surface area contributed by atoms with Crippen LogP contribution in [0.3, 0.4) is 0 Å². The van der Waals surface area contributed by atoms with Crippen molar-refractivity contribution in [3.05, 3.63) is 23.8 Å². The van der Waals surface area contributed by atoms with E-state index in [0.717, 1.165) is 30.6 Å². The Bertz CT molecular complexity index is 386. The SMILES string of the molecule is COc1cc(C(C)C)ccc1NCCNC1CC1. The van der Waals surface area contributed by atoms with Crippen LogP contribution in [0.5, 0.6) is 5.75 Å². The molecule has 0 amide bonds. The summed E-state index contributed by atoms with van der Waals surface area (Å²) < 4.78 is 5.44. The van der Waals surface area contributed by atoms with Crippen molar-refractivity contribution in [2.24, 2.45) is 0 Å². The molecule has 1 fully saturated rings. The molecule has 1 aromatic carbocycles. The smallest absolute Gasteiger partial charge is 0.142 e. The number of benzene rings is 1. The molecule has 1 aromatic rings. The predicted molar refractivity (Wildman–Crippen MR) is 76.6 cm³/mol. The van der Waals surface area contributed by atoms with Gasteiger partial charge in [-0.05, 0) is 36.5 Å². The van der Waals surface area contributed by atoms with E-state index in [4.69, 9.17) is 4.74 Å². The van der Waals surface area contributed by atoms with Crippen LogP contribution in [-0.2, 0) is 0 Å². The van der Waals surface area contributed by atoms with Gasteiger partial charge in [0.2, 0.25) is 0 Å². The Morgan fingerprint density at radius 1 is 1.28 bits per heavy atom. The molecular formula is C15H24N2O. The molecule has 3 nitrogen and oxygen atoms in total. The van der Waals surface area contributed by atoms with Gasteiger partial charge in [0.1, 0.15) is 5.75 Å². The molecule has 1 aliphatic rings. The van der Waals surface area contributed by atoms with Crippen LogP contribution in [0.15, 0.2) is 18.2 Å². The topological polar surface area (TPSA) is 33.3 Å². The number of nitrogens with one attached hydrogen (secondary N) is 2. The standard InChI is InChI=1S/C15H24N2O/c1-11(2)12-4-7-14(15(10-12)18-3)17-9-8-16-13-5-6-13/h4,7,10-11,13,16-17H,5-6,8-9H2,1-3H3. The van der Waals surface area contributed by atoms with Crippen molar-refractivity contribution < 1.29 is 4.74 Å². The Labute approximate surface area is 110 Å². The minimum atomic E-state index is 0.532. The van der Waals surface area contributed by atoms with Crippen molar-refractivity contribution in [1.82, 2.24) is 5.32 Å². The second-order valence-corrected chi connectivity index (χ2v) is 5.27. The first-order valence-electron chi connectivity index (χ1n) is 6.86. The van der Waals surface area contributed by atoms with Crippen molar-refractivity contribution in [2.45, 2.75) is 38.6 Å². The van der Waals surface area contributed by atoms with E-state index < -0.39 is 0 Å². The zero-order valence-electron chi connectivity index (χ0n) is 11.6. The maximum Gasteiger partial charge on any atom is 0.142 e. The molecule has 18 heavy (non-hydrogen) atoms.